The van der Waals surface area contributed by atoms with E-state index in [0.717, 1.165) is 33.8 Å². The predicted molar refractivity (Wildman–Crippen MR) is 216 cm³/mol. The van der Waals surface area contributed by atoms with Crippen LogP contribution in [0.4, 0.5) is 0 Å². The van der Waals surface area contributed by atoms with Crippen molar-refractivity contribution >= 4 is 0 Å². The monoisotopic (exact) mass is 865 g/mol. The van der Waals surface area contributed by atoms with Gasteiger partial charge in [0.1, 0.15) is 0 Å². The first kappa shape index (κ1) is 42.2. The van der Waals surface area contributed by atoms with Crippen LogP contribution >= 0.6 is 0 Å². The average Bonchev–Trinajstić information content (AvgIpc) is 3.08. The summed E-state index contributed by atoms with van der Waals surface area (Å²) in [6.45, 7) is 26.1. The predicted octanol–water partition coefficient (Wildman–Crippen LogP) is 12.5. The fourth-order valence-corrected chi connectivity index (χ4v) is 5.20. The summed E-state index contributed by atoms with van der Waals surface area (Å²) >= 11 is 0. The van der Waals surface area contributed by atoms with E-state index in [1.807, 2.05) is 36.8 Å². The topological polar surface area (TPSA) is 38.7 Å². The van der Waals surface area contributed by atoms with Crippen LogP contribution in [-0.4, -0.2) is 15.0 Å². The van der Waals surface area contributed by atoms with E-state index >= 15 is 0 Å². The zero-order chi connectivity index (χ0) is 37.4. The fraction of sp³-hybridized carbons (Fsp3) is 0.312. The molecule has 52 heavy (non-hydrogen) atoms. The molecule has 270 valence electrons. The van der Waals surface area contributed by atoms with Gasteiger partial charge in [-0.3, -0.25) is 0 Å². The van der Waals surface area contributed by atoms with Crippen LogP contribution in [0.15, 0.2) is 110 Å². The Morgan fingerprint density at radius 3 is 0.808 bits per heavy atom. The molecule has 3 heterocycles. The minimum absolute atomic E-state index is 0. The Morgan fingerprint density at radius 2 is 0.635 bits per heavy atom. The van der Waals surface area contributed by atoms with Crippen molar-refractivity contribution in [2.24, 2.45) is 0 Å². The summed E-state index contributed by atoms with van der Waals surface area (Å²) in [4.78, 5) is 13.1. The minimum Gasteiger partial charge on any atom is -0.305 e. The normalized spacial score (nSPS) is 11.3. The van der Waals surface area contributed by atoms with Crippen molar-refractivity contribution in [1.29, 1.82) is 0 Å². The van der Waals surface area contributed by atoms with Gasteiger partial charge in [0.2, 0.25) is 0 Å². The van der Waals surface area contributed by atoms with Gasteiger partial charge in [-0.1, -0.05) is 97.2 Å². The Labute approximate surface area is 327 Å². The van der Waals surface area contributed by atoms with E-state index in [1.54, 1.807) is 0 Å². The first-order valence-electron chi connectivity index (χ1n) is 17.8. The van der Waals surface area contributed by atoms with Crippen molar-refractivity contribution in [2.75, 3.05) is 0 Å². The number of hydrogen-bond donors (Lipinski definition) is 0. The van der Waals surface area contributed by atoms with Crippen LogP contribution in [0.1, 0.15) is 95.7 Å². The van der Waals surface area contributed by atoms with E-state index in [0.29, 0.717) is 0 Å². The van der Waals surface area contributed by atoms with Crippen LogP contribution in [0.5, 0.6) is 0 Å². The van der Waals surface area contributed by atoms with Gasteiger partial charge in [-0.25, -0.2) is 0 Å². The van der Waals surface area contributed by atoms with Gasteiger partial charge in [0.05, 0.1) is 0 Å². The fourth-order valence-electron chi connectivity index (χ4n) is 5.20. The third kappa shape index (κ3) is 12.5. The smallest absolute Gasteiger partial charge is 0.305 e. The molecule has 6 rings (SSSR count). The summed E-state index contributed by atoms with van der Waals surface area (Å²) in [5.74, 6) is 0. The second-order valence-electron chi connectivity index (χ2n) is 16.4. The summed E-state index contributed by atoms with van der Waals surface area (Å²) in [6, 6.07) is 41.2. The van der Waals surface area contributed by atoms with Crippen molar-refractivity contribution in [2.45, 2.75) is 99.3 Å². The molecular weight excluding hydrogens is 811 g/mol. The number of aromatic nitrogens is 3. The summed E-state index contributed by atoms with van der Waals surface area (Å²) in [7, 11) is 0. The van der Waals surface area contributed by atoms with Crippen LogP contribution in [0.3, 0.4) is 0 Å². The van der Waals surface area contributed by atoms with Crippen LogP contribution < -0.4 is 0 Å². The maximum absolute atomic E-state index is 4.37. The van der Waals surface area contributed by atoms with Crippen molar-refractivity contribution in [3.8, 4) is 33.8 Å². The Kier molecular flexibility index (Phi) is 14.6. The molecule has 3 aromatic heterocycles. The molecule has 6 aromatic rings. The van der Waals surface area contributed by atoms with E-state index in [4.69, 9.17) is 0 Å². The summed E-state index contributed by atoms with van der Waals surface area (Å²) in [6.07, 6.45) is 5.53. The zero-order valence-corrected chi connectivity index (χ0v) is 35.5. The second kappa shape index (κ2) is 18.0. The van der Waals surface area contributed by atoms with Gasteiger partial charge in [-0.15, -0.1) is 106 Å². The van der Waals surface area contributed by atoms with Crippen molar-refractivity contribution < 1.29 is 20.1 Å². The molecule has 4 heteroatoms. The molecule has 0 unspecified atom stereocenters. The molecule has 0 fully saturated rings. The van der Waals surface area contributed by atoms with Crippen LogP contribution in [0.2, 0.25) is 0 Å². The Hall–Kier alpha value is -4.24. The number of nitrogens with zero attached hydrogens (tertiary/aromatic N) is 3. The van der Waals surface area contributed by atoms with E-state index < -0.39 is 0 Å². The molecular formula is C48H54IrN3. The van der Waals surface area contributed by atoms with E-state index in [1.165, 1.54) is 33.4 Å². The first-order chi connectivity index (χ1) is 23.9. The molecule has 0 saturated carbocycles. The molecule has 0 aliphatic rings. The molecule has 0 aliphatic heterocycles. The third-order valence-corrected chi connectivity index (χ3v) is 8.61. The van der Waals surface area contributed by atoms with E-state index in [-0.39, 0.29) is 36.4 Å². The van der Waals surface area contributed by atoms with Gasteiger partial charge in [-0.2, -0.15) is 0 Å². The molecule has 3 aromatic carbocycles. The van der Waals surface area contributed by atoms with Gasteiger partial charge in [-0.05, 0) is 72.3 Å². The zero-order valence-electron chi connectivity index (χ0n) is 33.1. The summed E-state index contributed by atoms with van der Waals surface area (Å²) in [5, 5.41) is 0. The van der Waals surface area contributed by atoms with Crippen LogP contribution in [0, 0.1) is 39.0 Å². The summed E-state index contributed by atoms with van der Waals surface area (Å²) < 4.78 is 0. The van der Waals surface area contributed by atoms with Gasteiger partial charge in [0.15, 0.2) is 0 Å². The molecule has 0 atom stereocenters. The number of aryl methyl sites for hydroxylation is 3. The molecule has 0 bridgehead atoms. The van der Waals surface area contributed by atoms with Gasteiger partial charge in [0.25, 0.3) is 0 Å². The number of hydrogen-bond acceptors (Lipinski definition) is 3. The van der Waals surface area contributed by atoms with E-state index in [9.17, 15) is 0 Å². The van der Waals surface area contributed by atoms with Gasteiger partial charge in [0, 0.05) is 18.6 Å². The Balaban J connectivity index is 0.000000208. The second-order valence-corrected chi connectivity index (χ2v) is 16.4. The molecule has 0 spiro atoms. The average molecular weight is 865 g/mol. The molecule has 0 saturated heterocycles. The quantitative estimate of drug-likeness (QED) is 0.166. The number of rotatable bonds is 3. The van der Waals surface area contributed by atoms with E-state index in [2.05, 4.69) is 189 Å². The Bertz CT molecular complexity index is 1750. The maximum atomic E-state index is 4.37. The third-order valence-electron chi connectivity index (χ3n) is 8.61. The molecule has 0 radical (unpaired) electrons. The van der Waals surface area contributed by atoms with Crippen molar-refractivity contribution in [1.82, 2.24) is 15.0 Å². The summed E-state index contributed by atoms with van der Waals surface area (Å²) in [5.41, 5.74) is 14.2. The SMILES string of the molecule is Cc1ccnc(-c2[c-]cc(C(C)(C)C)cc2)c1.Cc1ccnc(-c2[c-]cc(C(C)(C)C)cc2)c1.Cc1ccnc(-c2[c-]cc(C(C)(C)C)cc2)c1.[Ir+3]. The molecule has 0 amide bonds. The number of pyridine rings is 3. The van der Waals surface area contributed by atoms with Gasteiger partial charge < -0.3 is 15.0 Å². The first-order valence-corrected chi connectivity index (χ1v) is 17.8. The largest absolute Gasteiger partial charge is 3.00 e. The van der Waals surface area contributed by atoms with Crippen LogP contribution in [0.25, 0.3) is 33.8 Å². The van der Waals surface area contributed by atoms with Gasteiger partial charge >= 0.3 is 20.1 Å². The standard InChI is InChI=1S/3C16H18N.Ir/c3*1-12-9-10-17-15(11-12)13-5-7-14(8-6-13)16(2,3)4;/h3*5,7-11H,1-4H3;/q3*-1;+3. The molecule has 0 N–H and O–H groups in total. The minimum atomic E-state index is 0. The van der Waals surface area contributed by atoms with Crippen molar-refractivity contribution in [3.05, 3.63) is 161 Å². The number of benzene rings is 3. The molecule has 0 aliphatic carbocycles. The van der Waals surface area contributed by atoms with Crippen molar-refractivity contribution in [3.63, 3.8) is 0 Å². The van der Waals surface area contributed by atoms with Crippen LogP contribution in [-0.2, 0) is 36.4 Å². The maximum Gasteiger partial charge on any atom is 3.00 e. The molecule has 3 nitrogen and oxygen atoms in total. The Morgan fingerprint density at radius 1 is 0.385 bits per heavy atom.